The Morgan fingerprint density at radius 1 is 0.623 bits per heavy atom. The van der Waals surface area contributed by atoms with E-state index < -0.39 is 141 Å². The zero-order valence-electron chi connectivity index (χ0n) is 41.0. The van der Waals surface area contributed by atoms with Crippen LogP contribution in [-0.4, -0.2) is 206 Å². The molecule has 396 valence electrons. The summed E-state index contributed by atoms with van der Waals surface area (Å²) in [5.74, 6) is -0.919. The summed E-state index contributed by atoms with van der Waals surface area (Å²) in [6.07, 6.45) is -15.8. The van der Waals surface area contributed by atoms with Crippen molar-refractivity contribution in [3.05, 3.63) is 0 Å². The van der Waals surface area contributed by atoms with Gasteiger partial charge in [-0.1, -0.05) is 41.5 Å². The molecule has 0 aromatic rings. The molecule has 0 aromatic heterocycles. The number of ketones is 1. The molecule has 9 fully saturated rings. The van der Waals surface area contributed by atoms with E-state index >= 15 is 0 Å². The standard InChI is InChI=1S/C49H80O20/c1-21(18-63-41-37(60)34(57)31(54)25(15-50)64-41)23(53)14-24-22(2)40-45(5)12-13-48-20-47(48)11-10-30(44(3,4)28(47)8-9-29(48)46(45,6)19-49(40,62-7)69-24)67-43-39(36(59)33(56)27(17-52)66-43)68-42-38(61)35(58)32(55)26(16-51)65-42/h21-22,24-43,50-52,54-61H,8-20H2,1-7H3/t21-,22-,24+,25-,26-,27-,28+,29+,30+,31-,32-,33-,34+,35+,36+,37-,38-,39-,40-,41-,42+,43+,45-,46+,47-,48+,49+/m1/s1. The normalized spacial score (nSPS) is 55.8. The minimum Gasteiger partial charge on any atom is -0.394 e. The molecule has 4 aliphatic heterocycles. The summed E-state index contributed by atoms with van der Waals surface area (Å²) in [7, 11) is 1.72. The predicted molar refractivity (Wildman–Crippen MR) is 236 cm³/mol. The van der Waals surface area contributed by atoms with Gasteiger partial charge in [-0.3, -0.25) is 4.79 Å². The van der Waals surface area contributed by atoms with E-state index in [4.69, 9.17) is 37.9 Å². The lowest BCUT2D eigenvalue weighted by Crippen LogP contribution is -2.65. The van der Waals surface area contributed by atoms with Crippen LogP contribution in [0.1, 0.15) is 99.3 Å². The third-order valence-corrected chi connectivity index (χ3v) is 20.5. The van der Waals surface area contributed by atoms with Crippen LogP contribution >= 0.6 is 0 Å². The van der Waals surface area contributed by atoms with Crippen LogP contribution in [0.5, 0.6) is 0 Å². The Kier molecular flexibility index (Phi) is 14.2. The van der Waals surface area contributed by atoms with Crippen molar-refractivity contribution in [1.29, 1.82) is 0 Å². The molecule has 4 heterocycles. The molecule has 20 heteroatoms. The molecule has 0 amide bonds. The first-order valence-electron chi connectivity index (χ1n) is 25.4. The van der Waals surface area contributed by atoms with Gasteiger partial charge in [0.15, 0.2) is 24.7 Å². The molecule has 11 N–H and O–H groups in total. The van der Waals surface area contributed by atoms with E-state index in [-0.39, 0.29) is 58.2 Å². The van der Waals surface area contributed by atoms with E-state index in [1.165, 1.54) is 0 Å². The van der Waals surface area contributed by atoms with Gasteiger partial charge in [0.1, 0.15) is 79.0 Å². The first kappa shape index (κ1) is 52.8. The second-order valence-corrected chi connectivity index (χ2v) is 23.8. The fraction of sp³-hybridized carbons (Fsp3) is 0.980. The Bertz CT molecular complexity index is 1860. The van der Waals surface area contributed by atoms with Crippen molar-refractivity contribution in [1.82, 2.24) is 0 Å². The third kappa shape index (κ3) is 7.82. The lowest BCUT2D eigenvalue weighted by Gasteiger charge is -2.63. The summed E-state index contributed by atoms with van der Waals surface area (Å²) in [5, 5.41) is 114. The van der Waals surface area contributed by atoms with Crippen molar-refractivity contribution in [3.63, 3.8) is 0 Å². The maximum absolute atomic E-state index is 13.8. The van der Waals surface area contributed by atoms with E-state index in [9.17, 15) is 61.0 Å². The molecule has 9 aliphatic rings. The van der Waals surface area contributed by atoms with E-state index in [1.54, 1.807) is 14.0 Å². The van der Waals surface area contributed by atoms with Gasteiger partial charge in [-0.05, 0) is 89.8 Å². The van der Waals surface area contributed by atoms with Crippen molar-refractivity contribution in [2.45, 2.75) is 209 Å². The number of aliphatic hydroxyl groups excluding tert-OH is 11. The average Bonchev–Trinajstić information content (AvgIpc) is 3.84. The van der Waals surface area contributed by atoms with Crippen LogP contribution in [0.3, 0.4) is 0 Å². The molecule has 2 spiro atoms. The molecule has 0 aromatic carbocycles. The Morgan fingerprint density at radius 2 is 1.17 bits per heavy atom. The van der Waals surface area contributed by atoms with E-state index in [0.717, 1.165) is 38.5 Å². The van der Waals surface area contributed by atoms with Crippen LogP contribution in [0.25, 0.3) is 0 Å². The van der Waals surface area contributed by atoms with Crippen LogP contribution in [0.15, 0.2) is 0 Å². The summed E-state index contributed by atoms with van der Waals surface area (Å²) in [6.45, 7) is 11.2. The topological polar surface area (TPSA) is 313 Å². The molecule has 5 aliphatic carbocycles. The second-order valence-electron chi connectivity index (χ2n) is 23.8. The zero-order chi connectivity index (χ0) is 50.1. The number of methoxy groups -OCH3 is 1. The predicted octanol–water partition coefficient (Wildman–Crippen LogP) is -1.17. The van der Waals surface area contributed by atoms with Crippen molar-refractivity contribution >= 4 is 5.78 Å². The van der Waals surface area contributed by atoms with E-state index in [0.29, 0.717) is 18.8 Å². The maximum atomic E-state index is 13.8. The number of carbonyl (C=O) groups excluding carboxylic acids is 1. The van der Waals surface area contributed by atoms with E-state index in [2.05, 4.69) is 34.6 Å². The molecule has 27 atom stereocenters. The SMILES string of the molecule is CO[C@]12C[C@@]3(C)[C@@H]4CC[C@H]5C(C)(C)[C@@H](O[C@@H]6O[C@H](CO)[C@@H](O)[C@H](O)[C@H]6O[C@@H]6O[C@H](CO)[C@@H](O)[C@H](O)[C@H]6O)CC[C@@]56C[C@@]46CC[C@]3(C)[C@H]1[C@H](C)[C@H](CC(=O)[C@H](C)CO[C@@H]1O[C@H](CO)[C@@H](O)[C@H](O)[C@H]1O)O2. The molecule has 5 saturated carbocycles. The highest BCUT2D eigenvalue weighted by molar-refractivity contribution is 5.81. The molecule has 0 bridgehead atoms. The van der Waals surface area contributed by atoms with Crippen molar-refractivity contribution in [2.75, 3.05) is 33.5 Å². The molecule has 20 nitrogen and oxygen atoms in total. The summed E-state index contributed by atoms with van der Waals surface area (Å²) in [6, 6.07) is 0. The number of carbonyl (C=O) groups is 1. The lowest BCUT2D eigenvalue weighted by molar-refractivity contribution is -0.377. The minimum atomic E-state index is -1.77. The Balaban J connectivity index is 0.877. The quantitative estimate of drug-likeness (QED) is 0.0915. The first-order valence-corrected chi connectivity index (χ1v) is 25.4. The van der Waals surface area contributed by atoms with Gasteiger partial charge in [0.25, 0.3) is 0 Å². The molecule has 69 heavy (non-hydrogen) atoms. The van der Waals surface area contributed by atoms with Crippen LogP contribution in [0, 0.1) is 56.7 Å². The summed E-state index contributed by atoms with van der Waals surface area (Å²) in [5.41, 5.74) is -0.569. The largest absolute Gasteiger partial charge is 0.394 e. The van der Waals surface area contributed by atoms with E-state index in [1.807, 2.05) is 0 Å². The van der Waals surface area contributed by atoms with Gasteiger partial charge in [0, 0.05) is 31.8 Å². The van der Waals surface area contributed by atoms with Gasteiger partial charge in [0.2, 0.25) is 0 Å². The number of hydrogen-bond acceptors (Lipinski definition) is 20. The highest BCUT2D eigenvalue weighted by Gasteiger charge is 2.85. The van der Waals surface area contributed by atoms with Gasteiger partial charge in [-0.25, -0.2) is 0 Å². The average molecular weight is 989 g/mol. The number of ether oxygens (including phenoxy) is 8. The number of fused-ring (bicyclic) bond motifs is 4. The fourth-order valence-corrected chi connectivity index (χ4v) is 16.6. The number of Topliss-reactive ketones (excluding diaryl/α,β-unsaturated/α-hetero) is 1. The Hall–Kier alpha value is -1.09. The summed E-state index contributed by atoms with van der Waals surface area (Å²) in [4.78, 5) is 13.8. The van der Waals surface area contributed by atoms with Crippen LogP contribution in [-0.2, 0) is 42.7 Å². The second kappa shape index (κ2) is 18.6. The van der Waals surface area contributed by atoms with Gasteiger partial charge in [-0.2, -0.15) is 0 Å². The maximum Gasteiger partial charge on any atom is 0.187 e. The van der Waals surface area contributed by atoms with Crippen LogP contribution in [0.2, 0.25) is 0 Å². The highest BCUT2D eigenvalue weighted by Crippen LogP contribution is 2.90. The van der Waals surface area contributed by atoms with Crippen LogP contribution in [0.4, 0.5) is 0 Å². The number of rotatable bonds is 14. The molecule has 0 radical (unpaired) electrons. The highest BCUT2D eigenvalue weighted by atomic mass is 16.8. The van der Waals surface area contributed by atoms with Gasteiger partial charge in [-0.15, -0.1) is 0 Å². The van der Waals surface area contributed by atoms with Crippen molar-refractivity contribution in [2.24, 2.45) is 56.7 Å². The molecule has 4 saturated heterocycles. The van der Waals surface area contributed by atoms with Gasteiger partial charge in [0.05, 0.1) is 38.6 Å². The van der Waals surface area contributed by atoms with Crippen molar-refractivity contribution < 1.29 is 98.9 Å². The zero-order valence-corrected chi connectivity index (χ0v) is 41.0. The minimum absolute atomic E-state index is 0.00931. The lowest BCUT2D eigenvalue weighted by atomic mass is 9.41. The Morgan fingerprint density at radius 3 is 1.78 bits per heavy atom. The van der Waals surface area contributed by atoms with Crippen molar-refractivity contribution in [3.8, 4) is 0 Å². The molecular formula is C49H80O20. The monoisotopic (exact) mass is 989 g/mol. The number of hydrogen-bond donors (Lipinski definition) is 11. The molecule has 9 rings (SSSR count). The molecular weight excluding hydrogens is 909 g/mol. The first-order chi connectivity index (χ1) is 32.5. The fourth-order valence-electron chi connectivity index (χ4n) is 16.6. The Labute approximate surface area is 403 Å². The van der Waals surface area contributed by atoms with Gasteiger partial charge >= 0.3 is 0 Å². The summed E-state index contributed by atoms with van der Waals surface area (Å²) < 4.78 is 49.3. The third-order valence-electron chi connectivity index (χ3n) is 20.5. The molecule has 0 unspecified atom stereocenters. The summed E-state index contributed by atoms with van der Waals surface area (Å²) >= 11 is 0. The van der Waals surface area contributed by atoms with Crippen LogP contribution < -0.4 is 0 Å². The number of aliphatic hydroxyl groups is 11. The van der Waals surface area contributed by atoms with Gasteiger partial charge < -0.3 is 94.1 Å². The smallest absolute Gasteiger partial charge is 0.187 e.